The molecule has 0 aliphatic carbocycles. The Balaban J connectivity index is 2.17. The van der Waals surface area contributed by atoms with E-state index >= 15 is 0 Å². The Kier molecular flexibility index (Phi) is 4.30. The van der Waals surface area contributed by atoms with E-state index in [1.165, 1.54) is 0 Å². The molecule has 0 bridgehead atoms. The fourth-order valence-electron chi connectivity index (χ4n) is 1.69. The second kappa shape index (κ2) is 5.95. The molecule has 1 atom stereocenters. The van der Waals surface area contributed by atoms with Gasteiger partial charge in [-0.05, 0) is 31.2 Å². The quantitative estimate of drug-likeness (QED) is 0.822. The Labute approximate surface area is 117 Å². The number of anilines is 1. The van der Waals surface area contributed by atoms with E-state index in [1.807, 2.05) is 48.5 Å². The van der Waals surface area contributed by atoms with Gasteiger partial charge in [0.1, 0.15) is 12.4 Å². The summed E-state index contributed by atoms with van der Waals surface area (Å²) in [7, 11) is 0. The van der Waals surface area contributed by atoms with Gasteiger partial charge in [0.05, 0.1) is 10.7 Å². The number of benzene rings is 2. The molecule has 100 valence electrons. The topological polar surface area (TPSA) is 41.5 Å². The van der Waals surface area contributed by atoms with Crippen molar-refractivity contribution in [2.45, 2.75) is 12.6 Å². The third kappa shape index (κ3) is 3.63. The van der Waals surface area contributed by atoms with Crippen LogP contribution in [0.25, 0.3) is 0 Å². The summed E-state index contributed by atoms with van der Waals surface area (Å²) in [6, 6.07) is 16.7. The second-order valence-corrected chi connectivity index (χ2v) is 4.82. The fraction of sp³-hybridized carbons (Fsp3) is 0.200. The molecule has 0 fully saturated rings. The van der Waals surface area contributed by atoms with Crippen LogP contribution in [0.15, 0.2) is 54.6 Å². The van der Waals surface area contributed by atoms with Gasteiger partial charge in [0, 0.05) is 0 Å². The van der Waals surface area contributed by atoms with Gasteiger partial charge in [0.15, 0.2) is 0 Å². The van der Waals surface area contributed by atoms with Crippen molar-refractivity contribution in [3.05, 3.63) is 59.6 Å². The zero-order chi connectivity index (χ0) is 13.7. The van der Waals surface area contributed by atoms with E-state index in [0.29, 0.717) is 10.8 Å². The number of nitrogens with one attached hydrogen (secondary N) is 1. The van der Waals surface area contributed by atoms with Crippen molar-refractivity contribution in [2.75, 3.05) is 11.9 Å². The van der Waals surface area contributed by atoms with Gasteiger partial charge >= 0.3 is 0 Å². The smallest absolute Gasteiger partial charge is 0.201 e. The first-order chi connectivity index (χ1) is 9.13. The molecular formula is C15H16ClNO2. The molecule has 0 radical (unpaired) electrons. The molecule has 1 unspecified atom stereocenters. The molecule has 0 saturated heterocycles. The first-order valence-electron chi connectivity index (χ1n) is 6.01. The molecule has 0 aromatic heterocycles. The van der Waals surface area contributed by atoms with E-state index in [9.17, 15) is 5.11 Å². The van der Waals surface area contributed by atoms with Crippen molar-refractivity contribution < 1.29 is 9.84 Å². The Morgan fingerprint density at radius 2 is 1.74 bits per heavy atom. The molecular weight excluding hydrogens is 262 g/mol. The predicted octanol–water partition coefficient (Wildman–Crippen LogP) is 3.54. The third-order valence-electron chi connectivity index (χ3n) is 2.66. The van der Waals surface area contributed by atoms with Gasteiger partial charge < -0.3 is 15.2 Å². The standard InChI is InChI=1S/C15H16ClNO2/c1-15(11-18,19-12-7-3-2-4-8-12)17-14-10-6-5-9-13(14)16/h2-10,17-18H,11H2,1H3. The molecule has 0 aliphatic heterocycles. The molecule has 0 saturated carbocycles. The number of hydrogen-bond donors (Lipinski definition) is 2. The summed E-state index contributed by atoms with van der Waals surface area (Å²) in [6.45, 7) is 1.58. The molecule has 2 N–H and O–H groups in total. The summed E-state index contributed by atoms with van der Waals surface area (Å²) >= 11 is 6.09. The van der Waals surface area contributed by atoms with Crippen LogP contribution in [0.1, 0.15) is 6.92 Å². The lowest BCUT2D eigenvalue weighted by molar-refractivity contribution is 0.0492. The highest BCUT2D eigenvalue weighted by molar-refractivity contribution is 6.33. The maximum atomic E-state index is 9.57. The summed E-state index contributed by atoms with van der Waals surface area (Å²) in [4.78, 5) is 0. The molecule has 4 heteroatoms. The number of rotatable bonds is 5. The van der Waals surface area contributed by atoms with Crippen molar-refractivity contribution in [3.8, 4) is 5.75 Å². The molecule has 0 aliphatic rings. The highest BCUT2D eigenvalue weighted by Crippen LogP contribution is 2.26. The average molecular weight is 278 g/mol. The normalized spacial score (nSPS) is 13.6. The van der Waals surface area contributed by atoms with Crippen LogP contribution in [-0.2, 0) is 0 Å². The van der Waals surface area contributed by atoms with Gasteiger partial charge in [0.25, 0.3) is 0 Å². The fourth-order valence-corrected chi connectivity index (χ4v) is 1.88. The predicted molar refractivity (Wildman–Crippen MR) is 77.6 cm³/mol. The van der Waals surface area contributed by atoms with Gasteiger partial charge in [-0.1, -0.05) is 41.9 Å². The second-order valence-electron chi connectivity index (χ2n) is 4.41. The number of para-hydroxylation sites is 2. The van der Waals surface area contributed by atoms with Crippen molar-refractivity contribution in [1.29, 1.82) is 0 Å². The minimum absolute atomic E-state index is 0.187. The summed E-state index contributed by atoms with van der Waals surface area (Å²) in [5.74, 6) is 0.679. The minimum Gasteiger partial charge on any atom is -0.466 e. The summed E-state index contributed by atoms with van der Waals surface area (Å²) in [5, 5.41) is 13.3. The first-order valence-corrected chi connectivity index (χ1v) is 6.38. The SMILES string of the molecule is CC(CO)(Nc1ccccc1Cl)Oc1ccccc1. The Morgan fingerprint density at radius 1 is 1.11 bits per heavy atom. The zero-order valence-electron chi connectivity index (χ0n) is 10.6. The van der Waals surface area contributed by atoms with Gasteiger partial charge in [0.2, 0.25) is 5.72 Å². The van der Waals surface area contributed by atoms with Gasteiger partial charge in [-0.3, -0.25) is 0 Å². The summed E-state index contributed by atoms with van der Waals surface area (Å²) in [5.41, 5.74) is -0.219. The number of hydrogen-bond acceptors (Lipinski definition) is 3. The van der Waals surface area contributed by atoms with Crippen molar-refractivity contribution in [2.24, 2.45) is 0 Å². The lowest BCUT2D eigenvalue weighted by Crippen LogP contribution is -2.44. The Morgan fingerprint density at radius 3 is 2.37 bits per heavy atom. The van der Waals surface area contributed by atoms with Crippen LogP contribution in [0.4, 0.5) is 5.69 Å². The van der Waals surface area contributed by atoms with Gasteiger partial charge in [-0.2, -0.15) is 0 Å². The lowest BCUT2D eigenvalue weighted by atomic mass is 10.2. The van der Waals surface area contributed by atoms with Crippen LogP contribution in [0.2, 0.25) is 5.02 Å². The minimum atomic E-state index is -0.938. The van der Waals surface area contributed by atoms with E-state index in [0.717, 1.165) is 5.69 Å². The van der Waals surface area contributed by atoms with E-state index in [4.69, 9.17) is 16.3 Å². The van der Waals surface area contributed by atoms with E-state index in [1.54, 1.807) is 13.0 Å². The van der Waals surface area contributed by atoms with Crippen LogP contribution >= 0.6 is 11.6 Å². The van der Waals surface area contributed by atoms with E-state index in [-0.39, 0.29) is 6.61 Å². The Hall–Kier alpha value is -1.71. The number of aliphatic hydroxyl groups excluding tert-OH is 1. The molecule has 3 nitrogen and oxygen atoms in total. The molecule has 2 rings (SSSR count). The lowest BCUT2D eigenvalue weighted by Gasteiger charge is -2.31. The Bertz CT molecular complexity index is 533. The maximum Gasteiger partial charge on any atom is 0.201 e. The van der Waals surface area contributed by atoms with Crippen LogP contribution < -0.4 is 10.1 Å². The monoisotopic (exact) mass is 277 g/mol. The molecule has 0 amide bonds. The van der Waals surface area contributed by atoms with E-state index in [2.05, 4.69) is 5.32 Å². The highest BCUT2D eigenvalue weighted by Gasteiger charge is 2.26. The van der Waals surface area contributed by atoms with E-state index < -0.39 is 5.72 Å². The van der Waals surface area contributed by atoms with Crippen molar-refractivity contribution >= 4 is 17.3 Å². The summed E-state index contributed by atoms with van der Waals surface area (Å²) in [6.07, 6.45) is 0. The van der Waals surface area contributed by atoms with Crippen LogP contribution in [0.3, 0.4) is 0 Å². The zero-order valence-corrected chi connectivity index (χ0v) is 11.4. The van der Waals surface area contributed by atoms with Crippen molar-refractivity contribution in [1.82, 2.24) is 0 Å². The number of ether oxygens (including phenoxy) is 1. The molecule has 0 heterocycles. The molecule has 2 aromatic rings. The first kappa shape index (κ1) is 13.7. The van der Waals surface area contributed by atoms with Crippen molar-refractivity contribution in [3.63, 3.8) is 0 Å². The van der Waals surface area contributed by atoms with Gasteiger partial charge in [-0.25, -0.2) is 0 Å². The third-order valence-corrected chi connectivity index (χ3v) is 2.99. The molecule has 0 spiro atoms. The number of halogens is 1. The summed E-state index contributed by atoms with van der Waals surface area (Å²) < 4.78 is 5.79. The molecule has 2 aromatic carbocycles. The highest BCUT2D eigenvalue weighted by atomic mass is 35.5. The maximum absolute atomic E-state index is 9.57. The molecule has 19 heavy (non-hydrogen) atoms. The van der Waals surface area contributed by atoms with Crippen LogP contribution in [0, 0.1) is 0 Å². The average Bonchev–Trinajstić information content (AvgIpc) is 2.42. The van der Waals surface area contributed by atoms with Gasteiger partial charge in [-0.15, -0.1) is 0 Å². The van der Waals surface area contributed by atoms with Crippen LogP contribution in [-0.4, -0.2) is 17.4 Å². The number of aliphatic hydroxyl groups is 1. The largest absolute Gasteiger partial charge is 0.466 e. The van der Waals surface area contributed by atoms with Crippen LogP contribution in [0.5, 0.6) is 5.75 Å².